The second kappa shape index (κ2) is 13.3. The molecule has 0 unspecified atom stereocenters. The number of carbonyl (C=O) groups is 1. The number of sulfonamides is 1. The smallest absolute Gasteiger partial charge is 0.264 e. The van der Waals surface area contributed by atoms with Gasteiger partial charge >= 0.3 is 0 Å². The summed E-state index contributed by atoms with van der Waals surface area (Å²) in [5, 5.41) is 4.07. The summed E-state index contributed by atoms with van der Waals surface area (Å²) in [4.78, 5) is 12.8. The van der Waals surface area contributed by atoms with Crippen LogP contribution in [0.25, 0.3) is 0 Å². The zero-order valence-electron chi connectivity index (χ0n) is 20.2. The fourth-order valence-electron chi connectivity index (χ4n) is 3.99. The van der Waals surface area contributed by atoms with Crippen molar-refractivity contribution in [3.8, 4) is 11.5 Å². The van der Waals surface area contributed by atoms with E-state index in [0.717, 1.165) is 21.7 Å². The Balaban J connectivity index is 1.69. The largest absolute Gasteiger partial charge is 0.493 e. The zero-order valence-corrected chi connectivity index (χ0v) is 22.6. The van der Waals surface area contributed by atoms with Gasteiger partial charge in [-0.25, -0.2) is 8.42 Å². The van der Waals surface area contributed by atoms with Crippen molar-refractivity contribution >= 4 is 45.0 Å². The van der Waals surface area contributed by atoms with E-state index in [0.29, 0.717) is 23.0 Å². The lowest BCUT2D eigenvalue weighted by Crippen LogP contribution is -2.41. The number of nitrogens with zero attached hydrogens (tertiary/aromatic N) is 1. The summed E-state index contributed by atoms with van der Waals surface area (Å²) >= 11 is 7.98. The number of nitrogens with one attached hydrogen (secondary N) is 1. The molecule has 1 fully saturated rings. The monoisotopic (exact) mass is 540 g/mol. The predicted molar refractivity (Wildman–Crippen MR) is 142 cm³/mol. The predicted octanol–water partition coefficient (Wildman–Crippen LogP) is 5.12. The molecule has 2 aromatic carbocycles. The van der Waals surface area contributed by atoms with Crippen molar-refractivity contribution in [2.45, 2.75) is 48.7 Å². The van der Waals surface area contributed by atoms with Crippen LogP contribution in [0.4, 0.5) is 5.69 Å². The van der Waals surface area contributed by atoms with Crippen LogP contribution in [0.2, 0.25) is 5.02 Å². The summed E-state index contributed by atoms with van der Waals surface area (Å²) in [7, 11) is -1.17. The van der Waals surface area contributed by atoms with Gasteiger partial charge < -0.3 is 14.8 Å². The van der Waals surface area contributed by atoms with E-state index in [1.807, 2.05) is 11.8 Å². The lowest BCUT2D eigenvalue weighted by atomic mass is 10.0. The maximum atomic E-state index is 13.6. The molecule has 0 radical (unpaired) electrons. The Morgan fingerprint density at radius 3 is 2.40 bits per heavy atom. The maximum Gasteiger partial charge on any atom is 0.264 e. The molecule has 10 heteroatoms. The van der Waals surface area contributed by atoms with Crippen LogP contribution in [0.3, 0.4) is 0 Å². The first-order chi connectivity index (χ1) is 16.8. The molecule has 7 nitrogen and oxygen atoms in total. The summed E-state index contributed by atoms with van der Waals surface area (Å²) in [6, 6.07) is 10.7. The van der Waals surface area contributed by atoms with E-state index in [2.05, 4.69) is 5.32 Å². The molecule has 0 heterocycles. The van der Waals surface area contributed by atoms with Gasteiger partial charge in [0.05, 0.1) is 24.8 Å². The van der Waals surface area contributed by atoms with Crippen molar-refractivity contribution in [3.63, 3.8) is 0 Å². The van der Waals surface area contributed by atoms with Crippen LogP contribution in [0.1, 0.15) is 38.5 Å². The average molecular weight is 541 g/mol. The van der Waals surface area contributed by atoms with Crippen LogP contribution in [0.15, 0.2) is 47.4 Å². The Hall–Kier alpha value is -2.10. The quantitative estimate of drug-likeness (QED) is 0.376. The number of anilines is 1. The van der Waals surface area contributed by atoms with Crippen LogP contribution in [0, 0.1) is 0 Å². The highest BCUT2D eigenvalue weighted by atomic mass is 35.5. The van der Waals surface area contributed by atoms with E-state index in [-0.39, 0.29) is 23.1 Å². The molecule has 0 spiro atoms. The van der Waals surface area contributed by atoms with Gasteiger partial charge in [0.15, 0.2) is 11.5 Å². The van der Waals surface area contributed by atoms with E-state index >= 15 is 0 Å². The fraction of sp³-hybridized carbons (Fsp3) is 0.480. The maximum absolute atomic E-state index is 13.6. The summed E-state index contributed by atoms with van der Waals surface area (Å²) < 4.78 is 38.7. The van der Waals surface area contributed by atoms with E-state index < -0.39 is 10.0 Å². The highest BCUT2D eigenvalue weighted by Gasteiger charge is 2.28. The van der Waals surface area contributed by atoms with Gasteiger partial charge in [-0.15, -0.1) is 0 Å². The van der Waals surface area contributed by atoms with Gasteiger partial charge in [-0.1, -0.05) is 30.9 Å². The number of thioether (sulfide) groups is 1. The number of benzene rings is 2. The van der Waals surface area contributed by atoms with Crippen molar-refractivity contribution in [1.82, 2.24) is 5.32 Å². The number of methoxy groups -OCH3 is 2. The van der Waals surface area contributed by atoms with E-state index in [1.165, 1.54) is 64.5 Å². The van der Waals surface area contributed by atoms with Gasteiger partial charge in [0.25, 0.3) is 10.0 Å². The van der Waals surface area contributed by atoms with E-state index in [1.54, 1.807) is 24.3 Å². The van der Waals surface area contributed by atoms with Crippen molar-refractivity contribution < 1.29 is 22.7 Å². The Morgan fingerprint density at radius 1 is 1.06 bits per heavy atom. The Bertz CT molecular complexity index is 1070. The molecule has 1 aliphatic rings. The first-order valence-corrected chi connectivity index (χ1v) is 14.6. The van der Waals surface area contributed by atoms with Gasteiger partial charge in [-0.3, -0.25) is 9.10 Å². The third kappa shape index (κ3) is 7.69. The number of carbonyl (C=O) groups excluding carboxylic acids is 1. The Labute approximate surface area is 217 Å². The Kier molecular flexibility index (Phi) is 10.4. The number of rotatable bonds is 12. The van der Waals surface area contributed by atoms with Crippen molar-refractivity contribution in [3.05, 3.63) is 47.5 Å². The molecule has 1 amide bonds. The summed E-state index contributed by atoms with van der Waals surface area (Å²) in [5.41, 5.74) is 0.340. The van der Waals surface area contributed by atoms with E-state index in [9.17, 15) is 13.2 Å². The van der Waals surface area contributed by atoms with Crippen LogP contribution >= 0.6 is 23.4 Å². The number of halogens is 1. The molecular formula is C25H33ClN2O5S2. The molecule has 0 saturated heterocycles. The third-order valence-electron chi connectivity index (χ3n) is 5.89. The van der Waals surface area contributed by atoms with Crippen molar-refractivity contribution in [1.29, 1.82) is 0 Å². The summed E-state index contributed by atoms with van der Waals surface area (Å²) in [6.07, 6.45) is 7.36. The molecule has 0 atom stereocenters. The molecule has 0 bridgehead atoms. The fourth-order valence-corrected chi connectivity index (χ4v) is 6.87. The Morgan fingerprint density at radius 2 is 1.74 bits per heavy atom. The molecule has 3 rings (SSSR count). The van der Waals surface area contributed by atoms with Gasteiger partial charge in [-0.2, -0.15) is 11.8 Å². The highest BCUT2D eigenvalue weighted by molar-refractivity contribution is 7.99. The van der Waals surface area contributed by atoms with Crippen molar-refractivity contribution in [2.24, 2.45) is 0 Å². The SMILES string of the molecule is COc1ccc(S(=O)(=O)N(CC(=O)NCCCSC2CCCCC2)c2ccc(Cl)cc2)cc1OC. The van der Waals surface area contributed by atoms with E-state index in [4.69, 9.17) is 21.1 Å². The van der Waals surface area contributed by atoms with Crippen LogP contribution in [-0.2, 0) is 14.8 Å². The number of ether oxygens (including phenoxy) is 2. The molecule has 0 aromatic heterocycles. The molecule has 35 heavy (non-hydrogen) atoms. The summed E-state index contributed by atoms with van der Waals surface area (Å²) in [5.74, 6) is 1.31. The topological polar surface area (TPSA) is 84.9 Å². The van der Waals surface area contributed by atoms with Gasteiger partial charge in [0.2, 0.25) is 5.91 Å². The molecule has 1 N–H and O–H groups in total. The van der Waals surface area contributed by atoms with Gasteiger partial charge in [0, 0.05) is 22.9 Å². The second-order valence-electron chi connectivity index (χ2n) is 8.34. The lowest BCUT2D eigenvalue weighted by Gasteiger charge is -2.24. The second-order valence-corrected chi connectivity index (χ2v) is 12.0. The van der Waals surface area contributed by atoms with Crippen LogP contribution in [0.5, 0.6) is 11.5 Å². The van der Waals surface area contributed by atoms with Crippen LogP contribution in [-0.4, -0.2) is 52.6 Å². The first kappa shape index (κ1) is 27.5. The minimum atomic E-state index is -4.08. The van der Waals surface area contributed by atoms with Crippen LogP contribution < -0.4 is 19.1 Å². The van der Waals surface area contributed by atoms with Crippen molar-refractivity contribution in [2.75, 3.05) is 37.4 Å². The molecule has 2 aromatic rings. The van der Waals surface area contributed by atoms with Gasteiger partial charge in [0.1, 0.15) is 6.54 Å². The zero-order chi connectivity index (χ0) is 25.3. The normalized spacial score (nSPS) is 14.4. The number of amides is 1. The average Bonchev–Trinajstić information content (AvgIpc) is 2.87. The molecular weight excluding hydrogens is 508 g/mol. The molecule has 1 aliphatic carbocycles. The first-order valence-electron chi connectivity index (χ1n) is 11.7. The lowest BCUT2D eigenvalue weighted by molar-refractivity contribution is -0.119. The van der Waals surface area contributed by atoms with Gasteiger partial charge in [-0.05, 0) is 61.4 Å². The highest BCUT2D eigenvalue weighted by Crippen LogP contribution is 2.32. The number of hydrogen-bond donors (Lipinski definition) is 1. The third-order valence-corrected chi connectivity index (χ3v) is 9.38. The minimum absolute atomic E-state index is 0.0122. The molecule has 0 aliphatic heterocycles. The number of hydrogen-bond acceptors (Lipinski definition) is 6. The summed E-state index contributed by atoms with van der Waals surface area (Å²) in [6.45, 7) is 0.150. The molecule has 1 saturated carbocycles. The molecule has 192 valence electrons. The standard InChI is InChI=1S/C25H33ClN2O5S2/c1-32-23-14-13-22(17-24(23)33-2)35(30,31)28(20-11-9-19(26)10-12-20)18-25(29)27-15-6-16-34-21-7-4-3-5-8-21/h9-14,17,21H,3-8,15-16,18H2,1-2H3,(H,27,29). The minimum Gasteiger partial charge on any atom is -0.493 e.